The van der Waals surface area contributed by atoms with Crippen LogP contribution in [0.25, 0.3) is 0 Å². The molecule has 0 spiro atoms. The van der Waals surface area contributed by atoms with Gasteiger partial charge in [-0.1, -0.05) is 6.07 Å². The zero-order valence-corrected chi connectivity index (χ0v) is 15.8. The van der Waals surface area contributed by atoms with Gasteiger partial charge >= 0.3 is 5.97 Å². The van der Waals surface area contributed by atoms with Crippen LogP contribution < -0.4 is 10.2 Å². The van der Waals surface area contributed by atoms with Crippen LogP contribution in [-0.2, 0) is 27.1 Å². The largest absolute Gasteiger partial charge is 0.452 e. The minimum atomic E-state index is -0.465. The second kappa shape index (κ2) is 8.44. The van der Waals surface area contributed by atoms with E-state index in [0.29, 0.717) is 11.3 Å². The third kappa shape index (κ3) is 4.34. The van der Waals surface area contributed by atoms with Gasteiger partial charge in [0.1, 0.15) is 0 Å². The van der Waals surface area contributed by atoms with E-state index in [4.69, 9.17) is 9.47 Å². The first-order valence-electron chi connectivity index (χ1n) is 9.70. The summed E-state index contributed by atoms with van der Waals surface area (Å²) >= 11 is 0. The first-order chi connectivity index (χ1) is 13.7. The number of carbonyl (C=O) groups excluding carboxylic acids is 2. The van der Waals surface area contributed by atoms with E-state index < -0.39 is 5.97 Å². The fraction of sp³-hybridized carbons (Fsp3) is 0.364. The van der Waals surface area contributed by atoms with Crippen LogP contribution in [-0.4, -0.2) is 44.8 Å². The summed E-state index contributed by atoms with van der Waals surface area (Å²) in [6.07, 6.45) is 3.19. The van der Waals surface area contributed by atoms with Crippen LogP contribution in [0.4, 0.5) is 11.4 Å². The van der Waals surface area contributed by atoms with E-state index >= 15 is 0 Å². The zero-order valence-electron chi connectivity index (χ0n) is 15.8. The molecule has 4 rings (SSSR count). The maximum Gasteiger partial charge on any atom is 0.338 e. The number of ether oxygens (including phenoxy) is 2. The van der Waals surface area contributed by atoms with Crippen LogP contribution in [0.2, 0.25) is 0 Å². The monoisotopic (exact) mass is 380 g/mol. The standard InChI is InChI=1S/C22H24N2O4/c25-21(15-28-22(26)18-5-4-16-2-1-3-17(16)14-18)23-19-6-8-20(9-7-19)24-10-12-27-13-11-24/h4-9,14H,1-3,10-13,15H2,(H,23,25). The molecular formula is C22H24N2O4. The molecule has 0 saturated carbocycles. The molecule has 1 aliphatic carbocycles. The number of rotatable bonds is 5. The van der Waals surface area contributed by atoms with Gasteiger partial charge in [0.15, 0.2) is 6.61 Å². The fourth-order valence-electron chi connectivity index (χ4n) is 3.69. The molecule has 2 aliphatic rings. The van der Waals surface area contributed by atoms with Crippen molar-refractivity contribution in [2.24, 2.45) is 0 Å². The van der Waals surface area contributed by atoms with Gasteiger partial charge in [0.05, 0.1) is 18.8 Å². The predicted octanol–water partition coefficient (Wildman–Crippen LogP) is 2.81. The lowest BCUT2D eigenvalue weighted by molar-refractivity contribution is -0.119. The number of hydrogen-bond acceptors (Lipinski definition) is 5. The summed E-state index contributed by atoms with van der Waals surface area (Å²) in [6, 6.07) is 13.3. The molecule has 1 aliphatic heterocycles. The third-order valence-corrected chi connectivity index (χ3v) is 5.20. The average molecular weight is 380 g/mol. The number of benzene rings is 2. The van der Waals surface area contributed by atoms with Crippen LogP contribution >= 0.6 is 0 Å². The van der Waals surface area contributed by atoms with E-state index in [1.807, 2.05) is 36.4 Å². The molecule has 28 heavy (non-hydrogen) atoms. The van der Waals surface area contributed by atoms with Crippen molar-refractivity contribution in [3.05, 3.63) is 59.2 Å². The van der Waals surface area contributed by atoms with E-state index in [1.54, 1.807) is 6.07 Å². The van der Waals surface area contributed by atoms with Crippen molar-refractivity contribution in [2.45, 2.75) is 19.3 Å². The van der Waals surface area contributed by atoms with Crippen molar-refractivity contribution >= 4 is 23.3 Å². The lowest BCUT2D eigenvalue weighted by Gasteiger charge is -2.28. The van der Waals surface area contributed by atoms with Gasteiger partial charge in [-0.05, 0) is 66.8 Å². The molecule has 6 nitrogen and oxygen atoms in total. The van der Waals surface area contributed by atoms with Crippen molar-refractivity contribution in [1.82, 2.24) is 0 Å². The third-order valence-electron chi connectivity index (χ3n) is 5.20. The smallest absolute Gasteiger partial charge is 0.338 e. The Morgan fingerprint density at radius 1 is 1.00 bits per heavy atom. The summed E-state index contributed by atoms with van der Waals surface area (Å²) in [7, 11) is 0. The van der Waals surface area contributed by atoms with Gasteiger partial charge in [-0.2, -0.15) is 0 Å². The molecule has 0 atom stereocenters. The van der Waals surface area contributed by atoms with Crippen molar-refractivity contribution < 1.29 is 19.1 Å². The van der Waals surface area contributed by atoms with E-state index in [-0.39, 0.29) is 12.5 Å². The maximum atomic E-state index is 12.2. The Morgan fingerprint density at radius 3 is 2.54 bits per heavy atom. The Bertz CT molecular complexity index is 857. The summed E-state index contributed by atoms with van der Waals surface area (Å²) in [5, 5.41) is 2.76. The number of nitrogens with one attached hydrogen (secondary N) is 1. The molecule has 2 aromatic carbocycles. The Hall–Kier alpha value is -2.86. The quantitative estimate of drug-likeness (QED) is 0.808. The summed E-state index contributed by atoms with van der Waals surface area (Å²) in [5.74, 6) is -0.818. The molecule has 2 aromatic rings. The van der Waals surface area contributed by atoms with Gasteiger partial charge in [0.2, 0.25) is 0 Å². The molecule has 1 fully saturated rings. The van der Waals surface area contributed by atoms with E-state index in [0.717, 1.165) is 51.3 Å². The minimum Gasteiger partial charge on any atom is -0.452 e. The van der Waals surface area contributed by atoms with E-state index in [1.165, 1.54) is 11.1 Å². The zero-order chi connectivity index (χ0) is 19.3. The maximum absolute atomic E-state index is 12.2. The molecular weight excluding hydrogens is 356 g/mol. The normalized spacial score (nSPS) is 15.8. The fourth-order valence-corrected chi connectivity index (χ4v) is 3.69. The number of fused-ring (bicyclic) bond motifs is 1. The van der Waals surface area contributed by atoms with Crippen LogP contribution in [0, 0.1) is 0 Å². The Labute approximate surface area is 164 Å². The Kier molecular flexibility index (Phi) is 5.58. The van der Waals surface area contributed by atoms with Crippen LogP contribution in [0.3, 0.4) is 0 Å². The molecule has 1 amide bonds. The lowest BCUT2D eigenvalue weighted by Crippen LogP contribution is -2.36. The SMILES string of the molecule is O=C(COC(=O)c1ccc2c(c1)CCC2)Nc1ccc(N2CCOCC2)cc1. The lowest BCUT2D eigenvalue weighted by atomic mass is 10.1. The highest BCUT2D eigenvalue weighted by atomic mass is 16.5. The highest BCUT2D eigenvalue weighted by molar-refractivity contribution is 5.95. The topological polar surface area (TPSA) is 67.9 Å². The Morgan fingerprint density at radius 2 is 1.75 bits per heavy atom. The van der Waals surface area contributed by atoms with E-state index in [2.05, 4.69) is 10.2 Å². The molecule has 0 aromatic heterocycles. The van der Waals surface area contributed by atoms with Gasteiger partial charge in [-0.3, -0.25) is 4.79 Å². The first kappa shape index (κ1) is 18.5. The van der Waals surface area contributed by atoms with Crippen LogP contribution in [0.15, 0.2) is 42.5 Å². The van der Waals surface area contributed by atoms with Gasteiger partial charge in [-0.25, -0.2) is 4.79 Å². The molecule has 1 saturated heterocycles. The number of anilines is 2. The minimum absolute atomic E-state index is 0.304. The molecule has 0 unspecified atom stereocenters. The van der Waals surface area contributed by atoms with Crippen molar-refractivity contribution in [1.29, 1.82) is 0 Å². The Balaban J connectivity index is 1.27. The number of morpholine rings is 1. The summed E-state index contributed by atoms with van der Waals surface area (Å²) in [5.41, 5.74) is 4.79. The van der Waals surface area contributed by atoms with Crippen LogP contribution in [0.1, 0.15) is 27.9 Å². The average Bonchev–Trinajstić information content (AvgIpc) is 3.21. The number of amides is 1. The van der Waals surface area contributed by atoms with Gasteiger partial charge in [0, 0.05) is 24.5 Å². The van der Waals surface area contributed by atoms with E-state index in [9.17, 15) is 9.59 Å². The second-order valence-electron chi connectivity index (χ2n) is 7.11. The molecule has 146 valence electrons. The first-order valence-corrected chi connectivity index (χ1v) is 9.70. The highest BCUT2D eigenvalue weighted by Gasteiger charge is 2.16. The number of esters is 1. The second-order valence-corrected chi connectivity index (χ2v) is 7.11. The number of carbonyl (C=O) groups is 2. The summed E-state index contributed by atoms with van der Waals surface area (Å²) < 4.78 is 10.5. The molecule has 1 heterocycles. The number of nitrogens with zero attached hydrogens (tertiary/aromatic N) is 1. The molecule has 0 radical (unpaired) electrons. The highest BCUT2D eigenvalue weighted by Crippen LogP contribution is 2.23. The number of hydrogen-bond donors (Lipinski definition) is 1. The molecule has 0 bridgehead atoms. The molecule has 6 heteroatoms. The molecule has 1 N–H and O–H groups in total. The van der Waals surface area contributed by atoms with Gasteiger partial charge in [0.25, 0.3) is 5.91 Å². The number of aryl methyl sites for hydroxylation is 2. The van der Waals surface area contributed by atoms with Gasteiger partial charge < -0.3 is 19.7 Å². The van der Waals surface area contributed by atoms with Gasteiger partial charge in [-0.15, -0.1) is 0 Å². The predicted molar refractivity (Wildman–Crippen MR) is 107 cm³/mol. The van der Waals surface area contributed by atoms with Crippen molar-refractivity contribution in [2.75, 3.05) is 43.1 Å². The van der Waals surface area contributed by atoms with Crippen molar-refractivity contribution in [3.63, 3.8) is 0 Å². The summed E-state index contributed by atoms with van der Waals surface area (Å²) in [6.45, 7) is 2.89. The van der Waals surface area contributed by atoms with Crippen molar-refractivity contribution in [3.8, 4) is 0 Å². The summed E-state index contributed by atoms with van der Waals surface area (Å²) in [4.78, 5) is 26.6. The van der Waals surface area contributed by atoms with Crippen LogP contribution in [0.5, 0.6) is 0 Å².